The molecule has 0 radical (unpaired) electrons. The molecule has 1 aliphatic heterocycles. The minimum Gasteiger partial charge on any atom is -0.352 e. The van der Waals surface area contributed by atoms with E-state index in [4.69, 9.17) is 4.52 Å². The van der Waals surface area contributed by atoms with Crippen LogP contribution in [0.2, 0.25) is 0 Å². The number of nitrogens with one attached hydrogen (secondary N) is 1. The molecule has 0 atom stereocenters. The summed E-state index contributed by atoms with van der Waals surface area (Å²) in [4.78, 5) is 20.3. The molecule has 1 N–H and O–H groups in total. The predicted octanol–water partition coefficient (Wildman–Crippen LogP) is 3.63. The molecule has 0 spiro atoms. The fourth-order valence-electron chi connectivity index (χ4n) is 3.53. The van der Waals surface area contributed by atoms with Crippen LogP contribution in [-0.4, -0.2) is 34.0 Å². The van der Waals surface area contributed by atoms with Gasteiger partial charge in [0.1, 0.15) is 0 Å². The molecule has 3 heterocycles. The van der Waals surface area contributed by atoms with Crippen molar-refractivity contribution in [1.29, 1.82) is 0 Å². The molecule has 1 fully saturated rings. The van der Waals surface area contributed by atoms with E-state index in [1.807, 2.05) is 29.6 Å². The summed E-state index contributed by atoms with van der Waals surface area (Å²) < 4.78 is 5.39. The van der Waals surface area contributed by atoms with Gasteiger partial charge >= 0.3 is 0 Å². The predicted molar refractivity (Wildman–Crippen MR) is 109 cm³/mol. The number of carbonyl (C=O) groups is 1. The Morgan fingerprint density at radius 1 is 1.29 bits per heavy atom. The Morgan fingerprint density at radius 3 is 2.89 bits per heavy atom. The standard InChI is InChI=1S/C21H24N4O2S/c1-15-4-2-5-16(12-15)13-22-21(26)17-7-9-25(10-8-17)14-19-23-20(24-27-19)18-6-3-11-28-18/h2-6,11-12,17H,7-10,13-14H2,1H3,(H,22,26). The van der Waals surface area contributed by atoms with Crippen LogP contribution in [0.25, 0.3) is 10.7 Å². The number of hydrogen-bond donors (Lipinski definition) is 1. The van der Waals surface area contributed by atoms with Crippen LogP contribution in [0.3, 0.4) is 0 Å². The first-order chi connectivity index (χ1) is 13.7. The molecule has 0 unspecified atom stereocenters. The number of rotatable bonds is 6. The molecule has 0 saturated carbocycles. The molecule has 6 nitrogen and oxygen atoms in total. The smallest absolute Gasteiger partial charge is 0.241 e. The minimum atomic E-state index is 0.0745. The summed E-state index contributed by atoms with van der Waals surface area (Å²) in [6, 6.07) is 12.2. The maximum Gasteiger partial charge on any atom is 0.241 e. The first kappa shape index (κ1) is 18.8. The van der Waals surface area contributed by atoms with E-state index < -0.39 is 0 Å². The van der Waals surface area contributed by atoms with E-state index in [0.29, 0.717) is 24.8 Å². The molecule has 28 heavy (non-hydrogen) atoms. The molecule has 2 aromatic heterocycles. The number of benzene rings is 1. The molecular weight excluding hydrogens is 372 g/mol. The topological polar surface area (TPSA) is 71.3 Å². The van der Waals surface area contributed by atoms with Gasteiger partial charge in [-0.2, -0.15) is 4.98 Å². The zero-order valence-electron chi connectivity index (χ0n) is 15.9. The molecule has 3 aromatic rings. The number of amides is 1. The lowest BCUT2D eigenvalue weighted by Gasteiger charge is -2.30. The summed E-state index contributed by atoms with van der Waals surface area (Å²) in [6.07, 6.45) is 1.71. The largest absolute Gasteiger partial charge is 0.352 e. The summed E-state index contributed by atoms with van der Waals surface area (Å²) in [5.41, 5.74) is 2.35. The van der Waals surface area contributed by atoms with Crippen LogP contribution in [-0.2, 0) is 17.9 Å². The summed E-state index contributed by atoms with van der Waals surface area (Å²) >= 11 is 1.60. The van der Waals surface area contributed by atoms with Crippen LogP contribution in [0.1, 0.15) is 29.9 Å². The van der Waals surface area contributed by atoms with E-state index in [0.717, 1.165) is 36.4 Å². The number of hydrogen-bond acceptors (Lipinski definition) is 6. The van der Waals surface area contributed by atoms with E-state index in [1.54, 1.807) is 11.3 Å². The van der Waals surface area contributed by atoms with Crippen LogP contribution in [0.15, 0.2) is 46.3 Å². The van der Waals surface area contributed by atoms with E-state index in [9.17, 15) is 4.79 Å². The number of carbonyl (C=O) groups excluding carboxylic acids is 1. The Labute approximate surface area is 168 Å². The van der Waals surface area contributed by atoms with Crippen molar-refractivity contribution in [2.45, 2.75) is 32.9 Å². The van der Waals surface area contributed by atoms with Crippen molar-refractivity contribution in [1.82, 2.24) is 20.4 Å². The Bertz CT molecular complexity index is 914. The van der Waals surface area contributed by atoms with Crippen molar-refractivity contribution in [2.75, 3.05) is 13.1 Å². The van der Waals surface area contributed by atoms with Gasteiger partial charge in [0, 0.05) is 12.5 Å². The van der Waals surface area contributed by atoms with Gasteiger partial charge in [-0.3, -0.25) is 9.69 Å². The van der Waals surface area contributed by atoms with Crippen LogP contribution in [0.5, 0.6) is 0 Å². The Hall–Kier alpha value is -2.51. The number of nitrogens with zero attached hydrogens (tertiary/aromatic N) is 3. The van der Waals surface area contributed by atoms with E-state index >= 15 is 0 Å². The average molecular weight is 397 g/mol. The molecule has 1 amide bonds. The highest BCUT2D eigenvalue weighted by Gasteiger charge is 2.26. The monoisotopic (exact) mass is 396 g/mol. The summed E-state index contributed by atoms with van der Waals surface area (Å²) in [7, 11) is 0. The van der Waals surface area contributed by atoms with Gasteiger partial charge in [-0.05, 0) is 49.9 Å². The average Bonchev–Trinajstić information content (AvgIpc) is 3.38. The maximum atomic E-state index is 12.5. The second-order valence-corrected chi connectivity index (χ2v) is 8.19. The second kappa shape index (κ2) is 8.67. The molecule has 146 valence electrons. The van der Waals surface area contributed by atoms with Crippen molar-refractivity contribution in [3.63, 3.8) is 0 Å². The number of thiophene rings is 1. The third kappa shape index (κ3) is 4.66. The fourth-order valence-corrected chi connectivity index (χ4v) is 4.17. The normalized spacial score (nSPS) is 15.6. The molecule has 0 bridgehead atoms. The zero-order valence-corrected chi connectivity index (χ0v) is 16.7. The number of aromatic nitrogens is 2. The lowest BCUT2D eigenvalue weighted by atomic mass is 9.96. The van der Waals surface area contributed by atoms with Crippen molar-refractivity contribution in [3.8, 4) is 10.7 Å². The third-order valence-corrected chi connectivity index (χ3v) is 5.94. The minimum absolute atomic E-state index is 0.0745. The van der Waals surface area contributed by atoms with Gasteiger partial charge in [-0.15, -0.1) is 11.3 Å². The highest BCUT2D eigenvalue weighted by Crippen LogP contribution is 2.23. The number of likely N-dealkylation sites (tertiary alicyclic amines) is 1. The Morgan fingerprint density at radius 2 is 2.14 bits per heavy atom. The van der Waals surface area contributed by atoms with E-state index in [2.05, 4.69) is 39.4 Å². The molecule has 4 rings (SSSR count). The van der Waals surface area contributed by atoms with Gasteiger partial charge in [0.25, 0.3) is 0 Å². The van der Waals surface area contributed by atoms with E-state index in [-0.39, 0.29) is 11.8 Å². The van der Waals surface area contributed by atoms with Crippen molar-refractivity contribution in [3.05, 3.63) is 58.8 Å². The number of piperidine rings is 1. The van der Waals surface area contributed by atoms with Gasteiger partial charge < -0.3 is 9.84 Å². The quantitative estimate of drug-likeness (QED) is 0.689. The lowest BCUT2D eigenvalue weighted by Crippen LogP contribution is -2.40. The molecule has 1 aliphatic rings. The Kier molecular flexibility index (Phi) is 5.83. The maximum absolute atomic E-state index is 12.5. The molecule has 7 heteroatoms. The highest BCUT2D eigenvalue weighted by molar-refractivity contribution is 7.13. The Balaban J connectivity index is 1.23. The van der Waals surface area contributed by atoms with Crippen LogP contribution in [0, 0.1) is 12.8 Å². The van der Waals surface area contributed by atoms with Gasteiger partial charge in [0.2, 0.25) is 17.6 Å². The fraction of sp³-hybridized carbons (Fsp3) is 0.381. The van der Waals surface area contributed by atoms with Gasteiger partial charge in [-0.1, -0.05) is 41.1 Å². The summed E-state index contributed by atoms with van der Waals surface area (Å²) in [5.74, 6) is 1.51. The third-order valence-electron chi connectivity index (χ3n) is 5.08. The first-order valence-electron chi connectivity index (χ1n) is 9.59. The molecule has 0 aliphatic carbocycles. The summed E-state index contributed by atoms with van der Waals surface area (Å²) in [5, 5.41) is 9.14. The van der Waals surface area contributed by atoms with Crippen molar-refractivity contribution in [2.24, 2.45) is 5.92 Å². The molecule has 1 aromatic carbocycles. The van der Waals surface area contributed by atoms with Gasteiger partial charge in [0.15, 0.2) is 0 Å². The second-order valence-electron chi connectivity index (χ2n) is 7.25. The highest BCUT2D eigenvalue weighted by atomic mass is 32.1. The van der Waals surface area contributed by atoms with E-state index in [1.165, 1.54) is 5.56 Å². The van der Waals surface area contributed by atoms with Crippen LogP contribution in [0.4, 0.5) is 0 Å². The molecular formula is C21H24N4O2S. The first-order valence-corrected chi connectivity index (χ1v) is 10.5. The zero-order chi connectivity index (χ0) is 19.3. The van der Waals surface area contributed by atoms with Crippen molar-refractivity contribution >= 4 is 17.2 Å². The summed E-state index contributed by atoms with van der Waals surface area (Å²) in [6.45, 7) is 5.01. The van der Waals surface area contributed by atoms with Gasteiger partial charge in [-0.25, -0.2) is 0 Å². The lowest BCUT2D eigenvalue weighted by molar-refractivity contribution is -0.126. The van der Waals surface area contributed by atoms with Crippen LogP contribution >= 0.6 is 11.3 Å². The van der Waals surface area contributed by atoms with Crippen LogP contribution < -0.4 is 5.32 Å². The molecule has 1 saturated heterocycles. The number of aryl methyl sites for hydroxylation is 1. The SMILES string of the molecule is Cc1cccc(CNC(=O)C2CCN(Cc3nc(-c4cccs4)no3)CC2)c1. The van der Waals surface area contributed by atoms with Crippen molar-refractivity contribution < 1.29 is 9.32 Å². The van der Waals surface area contributed by atoms with Gasteiger partial charge in [0.05, 0.1) is 11.4 Å².